The highest BCUT2D eigenvalue weighted by molar-refractivity contribution is 7.17. The fourth-order valence-corrected chi connectivity index (χ4v) is 3.59. The molecule has 2 aromatic carbocycles. The molecule has 0 atom stereocenters. The van der Waals surface area contributed by atoms with Crippen molar-refractivity contribution >= 4 is 21.6 Å². The number of nitrogens with zero attached hydrogens (tertiary/aromatic N) is 3. The van der Waals surface area contributed by atoms with Crippen molar-refractivity contribution in [1.82, 2.24) is 9.97 Å². The molecule has 0 N–H and O–H groups in total. The number of hydrogen-bond donors (Lipinski definition) is 0. The maximum atomic E-state index is 13.2. The van der Waals surface area contributed by atoms with E-state index in [0.29, 0.717) is 18.1 Å². The number of benzene rings is 2. The normalized spacial score (nSPS) is 10.6. The van der Waals surface area contributed by atoms with Gasteiger partial charge in [0.25, 0.3) is 0 Å². The highest BCUT2D eigenvalue weighted by Crippen LogP contribution is 2.37. The van der Waals surface area contributed by atoms with Crippen molar-refractivity contribution in [3.05, 3.63) is 77.2 Å². The molecular weight excluding hydrogens is 349 g/mol. The molecule has 26 heavy (non-hydrogen) atoms. The van der Waals surface area contributed by atoms with Crippen LogP contribution in [-0.2, 0) is 6.61 Å². The predicted octanol–water partition coefficient (Wildman–Crippen LogP) is 4.95. The number of ether oxygens (including phenoxy) is 1. The Labute approximate surface area is 153 Å². The average molecular weight is 361 g/mol. The molecule has 0 aliphatic carbocycles. The van der Waals surface area contributed by atoms with Gasteiger partial charge in [0, 0.05) is 10.9 Å². The van der Waals surface area contributed by atoms with Crippen LogP contribution in [0.1, 0.15) is 11.1 Å². The second-order valence-corrected chi connectivity index (χ2v) is 6.47. The van der Waals surface area contributed by atoms with E-state index in [0.717, 1.165) is 26.9 Å². The van der Waals surface area contributed by atoms with Gasteiger partial charge in [-0.15, -0.1) is 11.3 Å². The van der Waals surface area contributed by atoms with Gasteiger partial charge in [-0.1, -0.05) is 24.3 Å². The van der Waals surface area contributed by atoms with Crippen LogP contribution in [0.5, 0.6) is 5.88 Å². The molecule has 2 heterocycles. The van der Waals surface area contributed by atoms with Crippen LogP contribution >= 0.6 is 11.3 Å². The summed E-state index contributed by atoms with van der Waals surface area (Å²) in [5.41, 5.74) is 3.26. The van der Waals surface area contributed by atoms with Crippen LogP contribution in [0.4, 0.5) is 4.39 Å². The summed E-state index contributed by atoms with van der Waals surface area (Å²) < 4.78 is 19.1. The van der Waals surface area contributed by atoms with Gasteiger partial charge >= 0.3 is 0 Å². The number of halogens is 1. The van der Waals surface area contributed by atoms with Crippen molar-refractivity contribution in [1.29, 1.82) is 5.26 Å². The lowest BCUT2D eigenvalue weighted by atomic mass is 10.1. The predicted molar refractivity (Wildman–Crippen MR) is 98.3 cm³/mol. The number of rotatable bonds is 4. The van der Waals surface area contributed by atoms with Crippen molar-refractivity contribution in [2.24, 2.45) is 0 Å². The summed E-state index contributed by atoms with van der Waals surface area (Å²) in [6, 6.07) is 15.7. The first-order chi connectivity index (χ1) is 12.7. The molecule has 0 aliphatic rings. The Kier molecular flexibility index (Phi) is 4.30. The van der Waals surface area contributed by atoms with Gasteiger partial charge in [0.05, 0.1) is 17.0 Å². The molecule has 2 aromatic heterocycles. The quantitative estimate of drug-likeness (QED) is 0.516. The SMILES string of the molecule is N#Cc1cccc(COc2ncnc3scc(-c4ccc(F)cc4)c23)c1. The smallest absolute Gasteiger partial charge is 0.226 e. The molecule has 4 aromatic rings. The molecule has 0 saturated heterocycles. The van der Waals surface area contributed by atoms with E-state index >= 15 is 0 Å². The average Bonchev–Trinajstić information content (AvgIpc) is 3.12. The summed E-state index contributed by atoms with van der Waals surface area (Å²) in [6.07, 6.45) is 1.47. The Morgan fingerprint density at radius 1 is 1.12 bits per heavy atom. The molecule has 0 aliphatic heterocycles. The minimum atomic E-state index is -0.279. The van der Waals surface area contributed by atoms with Gasteiger partial charge in [0.1, 0.15) is 23.6 Å². The summed E-state index contributed by atoms with van der Waals surface area (Å²) in [5, 5.41) is 11.8. The van der Waals surface area contributed by atoms with Crippen LogP contribution in [0.25, 0.3) is 21.3 Å². The summed E-state index contributed by atoms with van der Waals surface area (Å²) >= 11 is 1.49. The fourth-order valence-electron chi connectivity index (χ4n) is 2.68. The fraction of sp³-hybridized carbons (Fsp3) is 0.0500. The first-order valence-corrected chi connectivity index (χ1v) is 8.72. The molecule has 126 valence electrons. The molecule has 0 amide bonds. The van der Waals surface area contributed by atoms with Crippen LogP contribution in [-0.4, -0.2) is 9.97 Å². The Balaban J connectivity index is 1.70. The van der Waals surface area contributed by atoms with E-state index in [1.54, 1.807) is 24.3 Å². The van der Waals surface area contributed by atoms with Crippen LogP contribution in [0.2, 0.25) is 0 Å². The van der Waals surface area contributed by atoms with Crippen LogP contribution in [0.15, 0.2) is 60.2 Å². The summed E-state index contributed by atoms with van der Waals surface area (Å²) in [4.78, 5) is 9.38. The molecule has 0 saturated carbocycles. The Morgan fingerprint density at radius 3 is 2.77 bits per heavy atom. The van der Waals surface area contributed by atoms with Gasteiger partial charge < -0.3 is 4.74 Å². The zero-order valence-corrected chi connectivity index (χ0v) is 14.3. The summed E-state index contributed by atoms with van der Waals surface area (Å²) in [5.74, 6) is 0.191. The maximum Gasteiger partial charge on any atom is 0.226 e. The first kappa shape index (κ1) is 16.2. The highest BCUT2D eigenvalue weighted by atomic mass is 32.1. The number of fused-ring (bicyclic) bond motifs is 1. The van der Waals surface area contributed by atoms with Gasteiger partial charge in [0.15, 0.2) is 0 Å². The number of hydrogen-bond acceptors (Lipinski definition) is 5. The molecule has 0 unspecified atom stereocenters. The lowest BCUT2D eigenvalue weighted by Crippen LogP contribution is -1.98. The molecule has 6 heteroatoms. The molecule has 0 fully saturated rings. The number of aromatic nitrogens is 2. The third-order valence-electron chi connectivity index (χ3n) is 3.92. The monoisotopic (exact) mass is 361 g/mol. The standard InChI is InChI=1S/C20H12FN3OS/c21-16-6-4-15(5-7-16)17-11-26-20-18(17)19(23-12-24-20)25-10-14-3-1-2-13(8-14)9-22/h1-8,11-12H,10H2. The summed E-state index contributed by atoms with van der Waals surface area (Å²) in [7, 11) is 0. The van der Waals surface area contributed by atoms with Crippen molar-refractivity contribution in [3.8, 4) is 23.1 Å². The minimum Gasteiger partial charge on any atom is -0.472 e. The molecule has 0 bridgehead atoms. The van der Waals surface area contributed by atoms with Crippen LogP contribution in [0.3, 0.4) is 0 Å². The zero-order chi connectivity index (χ0) is 17.9. The van der Waals surface area contributed by atoms with Crippen molar-refractivity contribution in [3.63, 3.8) is 0 Å². The van der Waals surface area contributed by atoms with E-state index in [-0.39, 0.29) is 5.82 Å². The van der Waals surface area contributed by atoms with E-state index < -0.39 is 0 Å². The van der Waals surface area contributed by atoms with Gasteiger partial charge in [-0.05, 0) is 35.4 Å². The molecule has 0 radical (unpaired) electrons. The van der Waals surface area contributed by atoms with E-state index in [9.17, 15) is 4.39 Å². The van der Waals surface area contributed by atoms with Gasteiger partial charge in [-0.25, -0.2) is 14.4 Å². The lowest BCUT2D eigenvalue weighted by Gasteiger charge is -2.08. The van der Waals surface area contributed by atoms with Crippen molar-refractivity contribution in [2.45, 2.75) is 6.61 Å². The zero-order valence-electron chi connectivity index (χ0n) is 13.5. The van der Waals surface area contributed by atoms with E-state index in [1.807, 2.05) is 17.5 Å². The second-order valence-electron chi connectivity index (χ2n) is 5.62. The van der Waals surface area contributed by atoms with E-state index in [2.05, 4.69) is 16.0 Å². The Morgan fingerprint density at radius 2 is 1.96 bits per heavy atom. The minimum absolute atomic E-state index is 0.279. The molecule has 0 spiro atoms. The highest BCUT2D eigenvalue weighted by Gasteiger charge is 2.14. The third-order valence-corrected chi connectivity index (χ3v) is 4.81. The Bertz CT molecular complexity index is 1120. The molecule has 4 rings (SSSR count). The lowest BCUT2D eigenvalue weighted by molar-refractivity contribution is 0.298. The molecule has 4 nitrogen and oxygen atoms in total. The third kappa shape index (κ3) is 3.13. The van der Waals surface area contributed by atoms with Gasteiger partial charge in [-0.2, -0.15) is 5.26 Å². The van der Waals surface area contributed by atoms with E-state index in [1.165, 1.54) is 29.8 Å². The number of thiophene rings is 1. The van der Waals surface area contributed by atoms with Gasteiger partial charge in [0.2, 0.25) is 5.88 Å². The number of nitriles is 1. The summed E-state index contributed by atoms with van der Waals surface area (Å²) in [6.45, 7) is 0.292. The van der Waals surface area contributed by atoms with Crippen molar-refractivity contribution < 1.29 is 9.13 Å². The van der Waals surface area contributed by atoms with E-state index in [4.69, 9.17) is 10.00 Å². The van der Waals surface area contributed by atoms with Crippen LogP contribution in [0, 0.1) is 17.1 Å². The topological polar surface area (TPSA) is 58.8 Å². The first-order valence-electron chi connectivity index (χ1n) is 7.84. The second kappa shape index (κ2) is 6.90. The van der Waals surface area contributed by atoms with Crippen LogP contribution < -0.4 is 4.74 Å². The molecular formula is C20H12FN3OS. The Hall–Kier alpha value is -3.30. The maximum absolute atomic E-state index is 13.2. The van der Waals surface area contributed by atoms with Gasteiger partial charge in [-0.3, -0.25) is 0 Å². The van der Waals surface area contributed by atoms with Crippen molar-refractivity contribution in [2.75, 3.05) is 0 Å². The largest absolute Gasteiger partial charge is 0.472 e.